The number of likely N-dealkylation sites (N-methyl/N-ethyl adjacent to an activating group) is 1. The van der Waals surface area contributed by atoms with Gasteiger partial charge in [-0.1, -0.05) is 18.2 Å². The largest absolute Gasteiger partial charge is 0.492 e. The summed E-state index contributed by atoms with van der Waals surface area (Å²) in [6, 6.07) is 12.8. The zero-order valence-corrected chi connectivity index (χ0v) is 15.9. The van der Waals surface area contributed by atoms with Crippen molar-refractivity contribution >= 4 is 11.9 Å². The molecule has 0 saturated carbocycles. The molecule has 1 aliphatic heterocycles. The van der Waals surface area contributed by atoms with Gasteiger partial charge in [-0.15, -0.1) is 0 Å². The molecule has 1 N–H and O–H groups in total. The van der Waals surface area contributed by atoms with Gasteiger partial charge in [0, 0.05) is 24.1 Å². The Morgan fingerprint density at radius 3 is 2.54 bits per heavy atom. The third kappa shape index (κ3) is 5.01. The number of carbonyl (C=O) groups is 2. The highest BCUT2D eigenvalue weighted by Gasteiger charge is 2.28. The molecule has 7 heteroatoms. The number of carboxylic acids is 1. The van der Waals surface area contributed by atoms with E-state index in [0.29, 0.717) is 18.1 Å². The molecule has 0 aromatic heterocycles. The smallest absolute Gasteiger partial charge is 0.341 e. The number of nitrogens with zero attached hydrogens (tertiary/aromatic N) is 1. The van der Waals surface area contributed by atoms with Crippen molar-refractivity contribution < 1.29 is 28.9 Å². The third-order valence-electron chi connectivity index (χ3n) is 4.41. The number of carbonyl (C=O) groups excluding carboxylic acids is 1. The topological polar surface area (TPSA) is 85.3 Å². The number of hydrogen-bond acceptors (Lipinski definition) is 6. The van der Waals surface area contributed by atoms with E-state index in [1.54, 1.807) is 12.1 Å². The molecule has 0 radical (unpaired) electrons. The van der Waals surface area contributed by atoms with Gasteiger partial charge in [-0.25, -0.2) is 4.79 Å². The van der Waals surface area contributed by atoms with Crippen LogP contribution in [-0.2, 0) is 9.59 Å². The number of aliphatic carboxylic acids is 1. The van der Waals surface area contributed by atoms with Crippen LogP contribution in [0, 0.1) is 0 Å². The molecule has 1 heterocycles. The second kappa shape index (κ2) is 8.75. The average Bonchev–Trinajstić information content (AvgIpc) is 2.65. The molecule has 1 atom stereocenters. The van der Waals surface area contributed by atoms with E-state index >= 15 is 0 Å². The Morgan fingerprint density at radius 1 is 1.14 bits per heavy atom. The molecule has 7 nitrogen and oxygen atoms in total. The van der Waals surface area contributed by atoms with Gasteiger partial charge >= 0.3 is 11.9 Å². The Kier molecular flexibility index (Phi) is 6.16. The summed E-state index contributed by atoms with van der Waals surface area (Å²) in [5.74, 6) is -0.0170. The molecular formula is C21H23NO6. The number of carboxylic acid groups (broad SMARTS) is 1. The normalized spacial score (nSPS) is 15.7. The van der Waals surface area contributed by atoms with E-state index in [2.05, 4.69) is 0 Å². The summed E-state index contributed by atoms with van der Waals surface area (Å²) in [7, 11) is 3.98. The standard InChI is InChI=1S/C21H23NO6/c1-22(2)9-10-26-15-5-3-14(4-6-15)18-12-21(25)28-19-11-16(7-8-17(18)19)27-13-20(23)24/h3-8,11,18H,9-10,12-13H2,1-2H3,(H,23,24). The van der Waals surface area contributed by atoms with E-state index in [4.69, 9.17) is 19.3 Å². The van der Waals surface area contributed by atoms with E-state index < -0.39 is 12.6 Å². The molecule has 0 saturated heterocycles. The van der Waals surface area contributed by atoms with Crippen LogP contribution in [0.5, 0.6) is 17.2 Å². The van der Waals surface area contributed by atoms with Crippen LogP contribution >= 0.6 is 0 Å². The van der Waals surface area contributed by atoms with Gasteiger partial charge in [0.25, 0.3) is 0 Å². The Hall–Kier alpha value is -3.06. The van der Waals surface area contributed by atoms with Gasteiger partial charge in [-0.05, 0) is 37.9 Å². The minimum Gasteiger partial charge on any atom is -0.492 e. The maximum atomic E-state index is 12.1. The molecule has 28 heavy (non-hydrogen) atoms. The molecule has 0 aliphatic carbocycles. The Bertz CT molecular complexity index is 846. The third-order valence-corrected chi connectivity index (χ3v) is 4.41. The lowest BCUT2D eigenvalue weighted by atomic mass is 9.86. The summed E-state index contributed by atoms with van der Waals surface area (Å²) in [6.45, 7) is 0.978. The fraction of sp³-hybridized carbons (Fsp3) is 0.333. The van der Waals surface area contributed by atoms with Gasteiger partial charge in [0.15, 0.2) is 6.61 Å². The summed E-state index contributed by atoms with van der Waals surface area (Å²) in [4.78, 5) is 24.8. The van der Waals surface area contributed by atoms with Gasteiger partial charge in [0.2, 0.25) is 0 Å². The van der Waals surface area contributed by atoms with E-state index in [9.17, 15) is 9.59 Å². The molecule has 2 aromatic rings. The van der Waals surface area contributed by atoms with Crippen LogP contribution < -0.4 is 14.2 Å². The molecule has 0 amide bonds. The second-order valence-electron chi connectivity index (χ2n) is 6.83. The monoisotopic (exact) mass is 385 g/mol. The van der Waals surface area contributed by atoms with Gasteiger partial charge in [-0.2, -0.15) is 0 Å². The average molecular weight is 385 g/mol. The molecule has 0 spiro atoms. The molecule has 0 fully saturated rings. The number of rotatable bonds is 8. The lowest BCUT2D eigenvalue weighted by molar-refractivity contribution is -0.139. The van der Waals surface area contributed by atoms with E-state index in [-0.39, 0.29) is 18.3 Å². The zero-order valence-electron chi connectivity index (χ0n) is 15.9. The quantitative estimate of drug-likeness (QED) is 0.552. The van der Waals surface area contributed by atoms with Crippen molar-refractivity contribution in [3.05, 3.63) is 53.6 Å². The first-order valence-electron chi connectivity index (χ1n) is 8.99. The first-order chi connectivity index (χ1) is 13.4. The van der Waals surface area contributed by atoms with Crippen LogP contribution in [0.25, 0.3) is 0 Å². The van der Waals surface area contributed by atoms with E-state index in [1.165, 1.54) is 0 Å². The number of esters is 1. The van der Waals surface area contributed by atoms with Crippen LogP contribution in [0.15, 0.2) is 42.5 Å². The van der Waals surface area contributed by atoms with Crippen LogP contribution in [0.1, 0.15) is 23.5 Å². The molecule has 0 bridgehead atoms. The summed E-state index contributed by atoms with van der Waals surface area (Å²) in [6.07, 6.45) is 0.239. The molecule has 3 rings (SSSR count). The van der Waals surface area contributed by atoms with Gasteiger partial charge < -0.3 is 24.2 Å². The predicted octanol–water partition coefficient (Wildman–Crippen LogP) is 2.53. The van der Waals surface area contributed by atoms with Crippen molar-refractivity contribution in [2.24, 2.45) is 0 Å². The highest BCUT2D eigenvalue weighted by molar-refractivity contribution is 5.78. The Labute approximate surface area is 163 Å². The first-order valence-corrected chi connectivity index (χ1v) is 8.99. The second-order valence-corrected chi connectivity index (χ2v) is 6.83. The van der Waals surface area contributed by atoms with Crippen molar-refractivity contribution in [2.45, 2.75) is 12.3 Å². The SMILES string of the molecule is CN(C)CCOc1ccc(C2CC(=O)Oc3cc(OCC(=O)O)ccc32)cc1. The Morgan fingerprint density at radius 2 is 1.86 bits per heavy atom. The maximum Gasteiger partial charge on any atom is 0.341 e. The highest BCUT2D eigenvalue weighted by Crippen LogP contribution is 2.40. The minimum absolute atomic E-state index is 0.138. The molecular weight excluding hydrogens is 362 g/mol. The van der Waals surface area contributed by atoms with E-state index in [1.807, 2.05) is 49.3 Å². The van der Waals surface area contributed by atoms with Crippen LogP contribution in [0.2, 0.25) is 0 Å². The van der Waals surface area contributed by atoms with Gasteiger partial charge in [0.05, 0.1) is 6.42 Å². The lowest BCUT2D eigenvalue weighted by Gasteiger charge is -2.25. The van der Waals surface area contributed by atoms with Gasteiger partial charge in [-0.3, -0.25) is 4.79 Å². The Balaban J connectivity index is 1.76. The fourth-order valence-corrected chi connectivity index (χ4v) is 3.01. The van der Waals surface area contributed by atoms with Crippen LogP contribution in [0.4, 0.5) is 0 Å². The summed E-state index contributed by atoms with van der Waals surface area (Å²) < 4.78 is 16.2. The first kappa shape index (κ1) is 19.7. The highest BCUT2D eigenvalue weighted by atomic mass is 16.5. The zero-order chi connectivity index (χ0) is 20.1. The minimum atomic E-state index is -1.07. The van der Waals surface area contributed by atoms with Crippen molar-refractivity contribution in [1.29, 1.82) is 0 Å². The van der Waals surface area contributed by atoms with Gasteiger partial charge in [0.1, 0.15) is 23.9 Å². The van der Waals surface area contributed by atoms with Crippen molar-refractivity contribution in [1.82, 2.24) is 4.90 Å². The summed E-state index contributed by atoms with van der Waals surface area (Å²) in [5.41, 5.74) is 1.85. The fourth-order valence-electron chi connectivity index (χ4n) is 3.01. The maximum absolute atomic E-state index is 12.1. The molecule has 1 aliphatic rings. The van der Waals surface area contributed by atoms with E-state index in [0.717, 1.165) is 23.4 Å². The molecule has 148 valence electrons. The van der Waals surface area contributed by atoms with Crippen molar-refractivity contribution in [3.8, 4) is 17.2 Å². The molecule has 2 aromatic carbocycles. The van der Waals surface area contributed by atoms with Crippen LogP contribution in [0.3, 0.4) is 0 Å². The lowest BCUT2D eigenvalue weighted by Crippen LogP contribution is -2.21. The predicted molar refractivity (Wildman–Crippen MR) is 102 cm³/mol. The number of hydrogen-bond donors (Lipinski definition) is 1. The van der Waals surface area contributed by atoms with Crippen molar-refractivity contribution in [3.63, 3.8) is 0 Å². The number of benzene rings is 2. The number of ether oxygens (including phenoxy) is 3. The number of fused-ring (bicyclic) bond motifs is 1. The van der Waals surface area contributed by atoms with Crippen LogP contribution in [-0.4, -0.2) is 55.8 Å². The summed E-state index contributed by atoms with van der Waals surface area (Å²) >= 11 is 0. The summed E-state index contributed by atoms with van der Waals surface area (Å²) in [5, 5.41) is 8.73. The van der Waals surface area contributed by atoms with Crippen molar-refractivity contribution in [2.75, 3.05) is 33.9 Å². The molecule has 1 unspecified atom stereocenters.